The van der Waals surface area contributed by atoms with E-state index in [4.69, 9.17) is 0 Å². The average molecular weight is 327 g/mol. The molecule has 2 aromatic heterocycles. The molecule has 0 radical (unpaired) electrons. The summed E-state index contributed by atoms with van der Waals surface area (Å²) < 4.78 is 0. The Kier molecular flexibility index (Phi) is 4.44. The van der Waals surface area contributed by atoms with Crippen LogP contribution in [0.15, 0.2) is 36.8 Å². The monoisotopic (exact) mass is 327 g/mol. The molecule has 1 atom stereocenters. The third kappa shape index (κ3) is 3.51. The molecule has 1 fully saturated rings. The zero-order valence-electron chi connectivity index (χ0n) is 13.9. The molecule has 7 heteroatoms. The van der Waals surface area contributed by atoms with Gasteiger partial charge in [-0.25, -0.2) is 15.0 Å². The number of anilines is 1. The van der Waals surface area contributed by atoms with Crippen LogP contribution in [0.4, 0.5) is 5.82 Å². The fourth-order valence-corrected chi connectivity index (χ4v) is 2.96. The predicted octanol–water partition coefficient (Wildman–Crippen LogP) is 0.893. The van der Waals surface area contributed by atoms with Gasteiger partial charge in [-0.2, -0.15) is 0 Å². The van der Waals surface area contributed by atoms with Crippen molar-refractivity contribution in [2.24, 2.45) is 0 Å². The summed E-state index contributed by atoms with van der Waals surface area (Å²) in [6.45, 7) is 3.18. The first-order valence-electron chi connectivity index (χ1n) is 7.89. The van der Waals surface area contributed by atoms with Crippen LogP contribution in [-0.4, -0.2) is 63.1 Å². The second-order valence-electron chi connectivity index (χ2n) is 6.26. The Morgan fingerprint density at radius 3 is 2.75 bits per heavy atom. The predicted molar refractivity (Wildman–Crippen MR) is 89.7 cm³/mol. The molecule has 3 heterocycles. The zero-order valence-corrected chi connectivity index (χ0v) is 13.9. The molecule has 126 valence electrons. The van der Waals surface area contributed by atoms with Gasteiger partial charge in [-0.1, -0.05) is 6.07 Å². The molecule has 1 saturated heterocycles. The number of pyridine rings is 1. The summed E-state index contributed by atoms with van der Waals surface area (Å²) in [4.78, 5) is 28.4. The summed E-state index contributed by atoms with van der Waals surface area (Å²) in [5.41, 5.74) is -0.528. The first-order valence-corrected chi connectivity index (χ1v) is 7.89. The first-order chi connectivity index (χ1) is 11.5. The SMILES string of the molecule is Cc1ncc(C(=O)N(C)CC2(O)CCN(c3ccccn3)C2)cn1. The van der Waals surface area contributed by atoms with Crippen LogP contribution in [0, 0.1) is 6.92 Å². The van der Waals surface area contributed by atoms with E-state index < -0.39 is 5.60 Å². The van der Waals surface area contributed by atoms with Crippen LogP contribution in [0.25, 0.3) is 0 Å². The van der Waals surface area contributed by atoms with Crippen LogP contribution >= 0.6 is 0 Å². The van der Waals surface area contributed by atoms with E-state index in [1.54, 1.807) is 20.2 Å². The van der Waals surface area contributed by atoms with Crippen molar-refractivity contribution >= 4 is 11.7 Å². The molecular weight excluding hydrogens is 306 g/mol. The van der Waals surface area contributed by atoms with E-state index >= 15 is 0 Å². The maximum Gasteiger partial charge on any atom is 0.256 e. The Bertz CT molecular complexity index is 707. The van der Waals surface area contributed by atoms with Crippen LogP contribution < -0.4 is 4.90 Å². The van der Waals surface area contributed by atoms with Gasteiger partial charge in [-0.15, -0.1) is 0 Å². The fraction of sp³-hybridized carbons (Fsp3) is 0.412. The molecule has 2 aromatic rings. The number of β-amino-alcohol motifs (C(OH)–C–C–N with tert-alkyl or cyclic N) is 1. The van der Waals surface area contributed by atoms with Crippen molar-refractivity contribution in [3.8, 4) is 0 Å². The Balaban J connectivity index is 1.64. The Morgan fingerprint density at radius 2 is 2.08 bits per heavy atom. The molecule has 0 bridgehead atoms. The number of likely N-dealkylation sites (N-methyl/N-ethyl adjacent to an activating group) is 1. The van der Waals surface area contributed by atoms with Gasteiger partial charge in [0.05, 0.1) is 12.1 Å². The summed E-state index contributed by atoms with van der Waals surface area (Å²) >= 11 is 0. The summed E-state index contributed by atoms with van der Waals surface area (Å²) in [6, 6.07) is 5.71. The maximum atomic E-state index is 12.4. The minimum Gasteiger partial charge on any atom is -0.386 e. The fourth-order valence-electron chi connectivity index (χ4n) is 2.96. The molecule has 0 aliphatic carbocycles. The van der Waals surface area contributed by atoms with Gasteiger partial charge in [0.2, 0.25) is 0 Å². The van der Waals surface area contributed by atoms with Crippen LogP contribution in [0.1, 0.15) is 22.6 Å². The zero-order chi connectivity index (χ0) is 17.2. The van der Waals surface area contributed by atoms with Gasteiger partial charge >= 0.3 is 0 Å². The summed E-state index contributed by atoms with van der Waals surface area (Å²) in [6.07, 6.45) is 5.35. The molecule has 1 N–H and O–H groups in total. The number of aryl methyl sites for hydroxylation is 1. The first kappa shape index (κ1) is 16.3. The molecule has 3 rings (SSSR count). The number of rotatable bonds is 4. The van der Waals surface area contributed by atoms with Gasteiger partial charge in [0, 0.05) is 38.7 Å². The van der Waals surface area contributed by atoms with E-state index in [-0.39, 0.29) is 12.5 Å². The van der Waals surface area contributed by atoms with Crippen molar-refractivity contribution in [1.29, 1.82) is 0 Å². The van der Waals surface area contributed by atoms with Gasteiger partial charge in [-0.3, -0.25) is 4.79 Å². The quantitative estimate of drug-likeness (QED) is 0.898. The lowest BCUT2D eigenvalue weighted by atomic mass is 10.0. The number of nitrogens with zero attached hydrogens (tertiary/aromatic N) is 5. The highest BCUT2D eigenvalue weighted by molar-refractivity contribution is 5.93. The second kappa shape index (κ2) is 6.52. The van der Waals surface area contributed by atoms with E-state index in [9.17, 15) is 9.90 Å². The van der Waals surface area contributed by atoms with Gasteiger partial charge in [0.25, 0.3) is 5.91 Å². The van der Waals surface area contributed by atoms with Gasteiger partial charge in [0.15, 0.2) is 0 Å². The van der Waals surface area contributed by atoms with Crippen molar-refractivity contribution in [1.82, 2.24) is 19.9 Å². The highest BCUT2D eigenvalue weighted by atomic mass is 16.3. The summed E-state index contributed by atoms with van der Waals surface area (Å²) in [7, 11) is 1.68. The highest BCUT2D eigenvalue weighted by Crippen LogP contribution is 2.26. The van der Waals surface area contributed by atoms with Crippen LogP contribution in [0.5, 0.6) is 0 Å². The Morgan fingerprint density at radius 1 is 1.33 bits per heavy atom. The number of hydrogen-bond donors (Lipinski definition) is 1. The molecule has 7 nitrogen and oxygen atoms in total. The lowest BCUT2D eigenvalue weighted by Gasteiger charge is -2.29. The van der Waals surface area contributed by atoms with Gasteiger partial charge in [0.1, 0.15) is 17.2 Å². The van der Waals surface area contributed by atoms with Crippen molar-refractivity contribution in [2.75, 3.05) is 31.6 Å². The normalized spacial score (nSPS) is 20.2. The lowest BCUT2D eigenvalue weighted by Crippen LogP contribution is -2.46. The van der Waals surface area contributed by atoms with Crippen LogP contribution in [0.2, 0.25) is 0 Å². The maximum absolute atomic E-state index is 12.4. The molecule has 1 unspecified atom stereocenters. The number of carbonyl (C=O) groups is 1. The largest absolute Gasteiger partial charge is 0.386 e. The molecular formula is C17H21N5O2. The minimum atomic E-state index is -0.951. The topological polar surface area (TPSA) is 82.5 Å². The third-order valence-electron chi connectivity index (χ3n) is 4.21. The molecule has 24 heavy (non-hydrogen) atoms. The Hall–Kier alpha value is -2.54. The molecule has 1 aliphatic rings. The molecule has 1 aliphatic heterocycles. The van der Waals surface area contributed by atoms with Crippen LogP contribution in [0.3, 0.4) is 0 Å². The van der Waals surface area contributed by atoms with Crippen molar-refractivity contribution in [2.45, 2.75) is 18.9 Å². The van der Waals surface area contributed by atoms with Gasteiger partial charge in [-0.05, 0) is 25.5 Å². The number of carbonyl (C=O) groups excluding carboxylic acids is 1. The van der Waals surface area contributed by atoms with Gasteiger partial charge < -0.3 is 14.9 Å². The van der Waals surface area contributed by atoms with Crippen molar-refractivity contribution in [3.05, 3.63) is 48.2 Å². The van der Waals surface area contributed by atoms with E-state index in [0.29, 0.717) is 30.9 Å². The van der Waals surface area contributed by atoms with E-state index in [1.165, 1.54) is 17.3 Å². The van der Waals surface area contributed by atoms with Crippen LogP contribution in [-0.2, 0) is 0 Å². The van der Waals surface area contributed by atoms with E-state index in [2.05, 4.69) is 15.0 Å². The molecule has 0 spiro atoms. The summed E-state index contributed by atoms with van der Waals surface area (Å²) in [5.74, 6) is 1.27. The van der Waals surface area contributed by atoms with Crippen molar-refractivity contribution in [3.63, 3.8) is 0 Å². The second-order valence-corrected chi connectivity index (χ2v) is 6.26. The minimum absolute atomic E-state index is 0.195. The number of aliphatic hydroxyl groups is 1. The highest BCUT2D eigenvalue weighted by Gasteiger charge is 2.38. The third-order valence-corrected chi connectivity index (χ3v) is 4.21. The molecule has 1 amide bonds. The smallest absolute Gasteiger partial charge is 0.256 e. The Labute approximate surface area is 141 Å². The molecule has 0 saturated carbocycles. The number of amides is 1. The average Bonchev–Trinajstić information content (AvgIpc) is 2.97. The van der Waals surface area contributed by atoms with E-state index in [0.717, 1.165) is 5.82 Å². The lowest BCUT2D eigenvalue weighted by molar-refractivity contribution is 0.0264. The van der Waals surface area contributed by atoms with E-state index in [1.807, 2.05) is 23.1 Å². The standard InChI is InChI=1S/C17H21N5O2/c1-13-19-9-14(10-20-13)16(23)21(2)11-17(24)6-8-22(12-17)15-5-3-4-7-18-15/h3-5,7,9-10,24H,6,8,11-12H2,1-2H3. The number of hydrogen-bond acceptors (Lipinski definition) is 6. The molecule has 0 aromatic carbocycles. The summed E-state index contributed by atoms with van der Waals surface area (Å²) in [5, 5.41) is 10.8. The number of aromatic nitrogens is 3. The van der Waals surface area contributed by atoms with Crippen molar-refractivity contribution < 1.29 is 9.90 Å².